The summed E-state index contributed by atoms with van der Waals surface area (Å²) in [6.45, 7) is 1.52. The molecule has 0 amide bonds. The van der Waals surface area contributed by atoms with E-state index in [4.69, 9.17) is 21.6 Å². The van der Waals surface area contributed by atoms with Crippen molar-refractivity contribution in [2.45, 2.75) is 12.5 Å². The number of nitrogens with zero attached hydrogens (tertiary/aromatic N) is 3. The Morgan fingerprint density at radius 3 is 2.88 bits per heavy atom. The van der Waals surface area contributed by atoms with Crippen LogP contribution in [0.15, 0.2) is 36.5 Å². The molecule has 6 nitrogen and oxygen atoms in total. The molecule has 1 aliphatic rings. The molecule has 3 rings (SSSR count). The average Bonchev–Trinajstić information content (AvgIpc) is 3.10. The Labute approximate surface area is 150 Å². The van der Waals surface area contributed by atoms with Crippen LogP contribution in [0, 0.1) is 11.3 Å². The monoisotopic (exact) mass is 357 g/mol. The van der Waals surface area contributed by atoms with E-state index in [0.717, 1.165) is 18.7 Å². The number of benzene rings is 1. The minimum absolute atomic E-state index is 0.00843. The van der Waals surface area contributed by atoms with Gasteiger partial charge in [-0.15, -0.1) is 0 Å². The first-order chi connectivity index (χ1) is 12.1. The van der Waals surface area contributed by atoms with Crippen LogP contribution in [0.2, 0.25) is 5.02 Å². The number of aromatic nitrogens is 1. The second kappa shape index (κ2) is 7.41. The van der Waals surface area contributed by atoms with Crippen molar-refractivity contribution in [3.05, 3.63) is 52.7 Å². The number of anilines is 1. The fraction of sp³-hybridized carbons (Fsp3) is 0.278. The molecule has 0 aliphatic carbocycles. The van der Waals surface area contributed by atoms with Crippen LogP contribution >= 0.6 is 11.6 Å². The third kappa shape index (κ3) is 3.83. The highest BCUT2D eigenvalue weighted by Gasteiger charge is 2.25. The Bertz CT molecular complexity index is 817. The largest absolute Gasteiger partial charge is 0.472 e. The summed E-state index contributed by atoms with van der Waals surface area (Å²) >= 11 is 6.10. The minimum Gasteiger partial charge on any atom is -0.472 e. The Balaban J connectivity index is 1.62. The van der Waals surface area contributed by atoms with Gasteiger partial charge in [-0.25, -0.2) is 9.78 Å². The average molecular weight is 358 g/mol. The maximum atomic E-state index is 11.4. The SMILES string of the molecule is COC(=O)c1ccc(O[C@@H]2CCN(c3ccc(C#N)c(Cl)c3)C2)nc1. The molecular weight excluding hydrogens is 342 g/mol. The molecule has 1 saturated heterocycles. The Hall–Kier alpha value is -2.78. The van der Waals surface area contributed by atoms with Crippen LogP contribution < -0.4 is 9.64 Å². The van der Waals surface area contributed by atoms with E-state index in [2.05, 4.69) is 20.7 Å². The fourth-order valence-corrected chi connectivity index (χ4v) is 2.93. The number of halogens is 1. The zero-order valence-electron chi connectivity index (χ0n) is 13.6. The van der Waals surface area contributed by atoms with Crippen molar-refractivity contribution in [3.63, 3.8) is 0 Å². The molecular formula is C18H16ClN3O3. The molecule has 0 saturated carbocycles. The second-order valence-electron chi connectivity index (χ2n) is 5.63. The van der Waals surface area contributed by atoms with E-state index in [9.17, 15) is 4.79 Å². The number of nitriles is 1. The van der Waals surface area contributed by atoms with E-state index in [1.807, 2.05) is 6.07 Å². The van der Waals surface area contributed by atoms with Crippen LogP contribution in [-0.2, 0) is 4.74 Å². The third-order valence-corrected chi connectivity index (χ3v) is 4.34. The standard InChI is InChI=1S/C18H16ClN3O3/c1-24-18(23)13-3-5-17(21-10-13)25-15-6-7-22(11-15)14-4-2-12(9-20)16(19)8-14/h2-5,8,10,15H,6-7,11H2,1H3/t15-/m1/s1. The van der Waals surface area contributed by atoms with Crippen LogP contribution in [0.25, 0.3) is 0 Å². The lowest BCUT2D eigenvalue weighted by Crippen LogP contribution is -2.24. The summed E-state index contributed by atoms with van der Waals surface area (Å²) in [6, 6.07) is 10.7. The lowest BCUT2D eigenvalue weighted by molar-refractivity contribution is 0.0600. The molecule has 0 unspecified atom stereocenters. The van der Waals surface area contributed by atoms with Gasteiger partial charge in [0.25, 0.3) is 0 Å². The van der Waals surface area contributed by atoms with Crippen LogP contribution in [0.1, 0.15) is 22.3 Å². The highest BCUT2D eigenvalue weighted by Crippen LogP contribution is 2.27. The van der Waals surface area contributed by atoms with Gasteiger partial charge in [-0.2, -0.15) is 5.26 Å². The van der Waals surface area contributed by atoms with Crippen molar-refractivity contribution in [2.24, 2.45) is 0 Å². The van der Waals surface area contributed by atoms with E-state index >= 15 is 0 Å². The molecule has 0 radical (unpaired) electrons. The van der Waals surface area contributed by atoms with Crippen molar-refractivity contribution in [3.8, 4) is 11.9 Å². The van der Waals surface area contributed by atoms with Crippen molar-refractivity contribution in [1.82, 2.24) is 4.98 Å². The highest BCUT2D eigenvalue weighted by molar-refractivity contribution is 6.32. The van der Waals surface area contributed by atoms with Crippen LogP contribution in [0.4, 0.5) is 5.69 Å². The van der Waals surface area contributed by atoms with Gasteiger partial charge in [0.15, 0.2) is 0 Å². The number of carbonyl (C=O) groups excluding carboxylic acids is 1. The predicted octanol–water partition coefficient (Wildman–Crippen LogP) is 3.05. The van der Waals surface area contributed by atoms with Gasteiger partial charge in [0, 0.05) is 30.9 Å². The maximum Gasteiger partial charge on any atom is 0.339 e. The normalized spacial score (nSPS) is 16.4. The molecule has 0 N–H and O–H groups in total. The molecule has 25 heavy (non-hydrogen) atoms. The number of hydrogen-bond donors (Lipinski definition) is 0. The zero-order chi connectivity index (χ0) is 17.8. The molecule has 128 valence electrons. The van der Waals surface area contributed by atoms with Crippen molar-refractivity contribution in [2.75, 3.05) is 25.1 Å². The van der Waals surface area contributed by atoms with Gasteiger partial charge in [-0.3, -0.25) is 0 Å². The van der Waals surface area contributed by atoms with Crippen LogP contribution in [0.3, 0.4) is 0 Å². The molecule has 1 atom stereocenters. The van der Waals surface area contributed by atoms with Crippen molar-refractivity contribution >= 4 is 23.3 Å². The smallest absolute Gasteiger partial charge is 0.339 e. The number of rotatable bonds is 4. The number of methoxy groups -OCH3 is 1. The van der Waals surface area contributed by atoms with Crippen LogP contribution in [-0.4, -0.2) is 37.3 Å². The van der Waals surface area contributed by atoms with Crippen molar-refractivity contribution < 1.29 is 14.3 Å². The first kappa shape index (κ1) is 17.1. The molecule has 1 aliphatic heterocycles. The lowest BCUT2D eigenvalue weighted by atomic mass is 10.2. The maximum absolute atomic E-state index is 11.4. The molecule has 2 heterocycles. The Morgan fingerprint density at radius 1 is 1.40 bits per heavy atom. The van der Waals surface area contributed by atoms with Gasteiger partial charge < -0.3 is 14.4 Å². The summed E-state index contributed by atoms with van der Waals surface area (Å²) < 4.78 is 10.5. The minimum atomic E-state index is -0.427. The number of hydrogen-bond acceptors (Lipinski definition) is 6. The number of esters is 1. The summed E-state index contributed by atoms with van der Waals surface area (Å²) in [4.78, 5) is 17.7. The molecule has 2 aromatic rings. The summed E-state index contributed by atoms with van der Waals surface area (Å²) in [5, 5.41) is 9.40. The number of ether oxygens (including phenoxy) is 2. The van der Waals surface area contributed by atoms with E-state index in [1.165, 1.54) is 13.3 Å². The van der Waals surface area contributed by atoms with Gasteiger partial charge in [0.2, 0.25) is 5.88 Å². The van der Waals surface area contributed by atoms with E-state index in [-0.39, 0.29) is 6.10 Å². The van der Waals surface area contributed by atoms with E-state index < -0.39 is 5.97 Å². The molecule has 1 aromatic heterocycles. The van der Waals surface area contributed by atoms with Crippen molar-refractivity contribution in [1.29, 1.82) is 5.26 Å². The Kier molecular flexibility index (Phi) is 5.05. The predicted molar refractivity (Wildman–Crippen MR) is 93.0 cm³/mol. The zero-order valence-corrected chi connectivity index (χ0v) is 14.4. The fourth-order valence-electron chi connectivity index (χ4n) is 2.71. The van der Waals surface area contributed by atoms with Crippen LogP contribution in [0.5, 0.6) is 5.88 Å². The highest BCUT2D eigenvalue weighted by atomic mass is 35.5. The van der Waals surface area contributed by atoms with Gasteiger partial charge in [-0.1, -0.05) is 11.6 Å². The number of pyridine rings is 1. The summed E-state index contributed by atoms with van der Waals surface area (Å²) in [6.07, 6.45) is 2.28. The summed E-state index contributed by atoms with van der Waals surface area (Å²) in [5.41, 5.74) is 1.81. The quantitative estimate of drug-likeness (QED) is 0.783. The van der Waals surface area contributed by atoms with Gasteiger partial charge in [-0.05, 0) is 24.3 Å². The topological polar surface area (TPSA) is 75.5 Å². The van der Waals surface area contributed by atoms with Gasteiger partial charge >= 0.3 is 5.97 Å². The van der Waals surface area contributed by atoms with Gasteiger partial charge in [0.05, 0.1) is 29.8 Å². The molecule has 0 spiro atoms. The molecule has 7 heteroatoms. The summed E-state index contributed by atoms with van der Waals surface area (Å²) in [5.74, 6) is 0.0427. The first-order valence-corrected chi connectivity index (χ1v) is 8.14. The number of carbonyl (C=O) groups is 1. The van der Waals surface area contributed by atoms with Gasteiger partial charge in [0.1, 0.15) is 12.2 Å². The third-order valence-electron chi connectivity index (χ3n) is 4.03. The van der Waals surface area contributed by atoms with E-state index in [1.54, 1.807) is 24.3 Å². The summed E-state index contributed by atoms with van der Waals surface area (Å²) in [7, 11) is 1.33. The molecule has 1 fully saturated rings. The van der Waals surface area contributed by atoms with E-state index in [0.29, 0.717) is 28.6 Å². The lowest BCUT2D eigenvalue weighted by Gasteiger charge is -2.19. The first-order valence-electron chi connectivity index (χ1n) is 7.76. The molecule has 0 bridgehead atoms. The Morgan fingerprint density at radius 2 is 2.24 bits per heavy atom. The second-order valence-corrected chi connectivity index (χ2v) is 6.03. The molecule has 1 aromatic carbocycles.